The minimum atomic E-state index is -0.346. The van der Waals surface area contributed by atoms with Crippen molar-refractivity contribution in [1.82, 2.24) is 0 Å². The summed E-state index contributed by atoms with van der Waals surface area (Å²) in [4.78, 5) is 22.7. The fourth-order valence-corrected chi connectivity index (χ4v) is 1.55. The van der Waals surface area contributed by atoms with Crippen LogP contribution in [0.2, 0.25) is 0 Å². The molecule has 0 saturated heterocycles. The molecule has 0 aromatic heterocycles. The molecule has 0 atom stereocenters. The summed E-state index contributed by atoms with van der Waals surface area (Å²) in [6.45, 7) is 13.2. The van der Waals surface area contributed by atoms with Gasteiger partial charge in [-0.1, -0.05) is 39.3 Å². The molecule has 0 rings (SSSR count). The smallest absolute Gasteiger partial charge is 0.333 e. The molecule has 0 amide bonds. The van der Waals surface area contributed by atoms with Gasteiger partial charge in [-0.05, 0) is 45.8 Å². The second-order valence-corrected chi connectivity index (χ2v) is 4.75. The van der Waals surface area contributed by atoms with Gasteiger partial charge < -0.3 is 9.47 Å². The molecule has 0 unspecified atom stereocenters. The number of ether oxygens (including phenoxy) is 2. The van der Waals surface area contributed by atoms with Gasteiger partial charge in [-0.25, -0.2) is 4.79 Å². The molecular weight excluding hydrogens is 292 g/mol. The average molecular weight is 324 g/mol. The Labute approximate surface area is 141 Å². The molecule has 4 nitrogen and oxygen atoms in total. The minimum Gasteiger partial charge on any atom is -0.462 e. The van der Waals surface area contributed by atoms with Crippen molar-refractivity contribution in [2.45, 2.75) is 66.7 Å². The van der Waals surface area contributed by atoms with E-state index < -0.39 is 0 Å². The molecule has 4 heteroatoms. The molecular formula is C19H32O4. The summed E-state index contributed by atoms with van der Waals surface area (Å²) in [5.74, 6) is 0.0190. The van der Waals surface area contributed by atoms with E-state index >= 15 is 0 Å². The zero-order chi connectivity index (χ0) is 18.1. The molecule has 0 heterocycles. The highest BCUT2D eigenvalue weighted by Gasteiger charge is 2.05. The molecule has 0 aliphatic heterocycles. The van der Waals surface area contributed by atoms with Crippen LogP contribution in [0.25, 0.3) is 0 Å². The first-order valence-corrected chi connectivity index (χ1v) is 8.33. The largest absolute Gasteiger partial charge is 0.462 e. The van der Waals surface area contributed by atoms with Gasteiger partial charge in [-0.3, -0.25) is 4.79 Å². The van der Waals surface area contributed by atoms with E-state index in [-0.39, 0.29) is 11.9 Å². The van der Waals surface area contributed by atoms with Crippen LogP contribution in [0, 0.1) is 0 Å². The van der Waals surface area contributed by atoms with Gasteiger partial charge in [-0.2, -0.15) is 0 Å². The number of hydrogen-bond acceptors (Lipinski definition) is 4. The third-order valence-electron chi connectivity index (χ3n) is 2.70. The first-order chi connectivity index (χ1) is 11.0. The zero-order valence-corrected chi connectivity index (χ0v) is 15.3. The Morgan fingerprint density at radius 2 is 1.65 bits per heavy atom. The lowest BCUT2D eigenvalue weighted by molar-refractivity contribution is -0.139. The second-order valence-electron chi connectivity index (χ2n) is 4.75. The van der Waals surface area contributed by atoms with Gasteiger partial charge in [0.15, 0.2) is 0 Å². The maximum Gasteiger partial charge on any atom is 0.333 e. The lowest BCUT2D eigenvalue weighted by Gasteiger charge is -2.05. The number of hydrogen-bond donors (Lipinski definition) is 0. The van der Waals surface area contributed by atoms with E-state index in [1.165, 1.54) is 0 Å². The molecule has 23 heavy (non-hydrogen) atoms. The van der Waals surface area contributed by atoms with Crippen LogP contribution in [-0.4, -0.2) is 18.5 Å². The van der Waals surface area contributed by atoms with Gasteiger partial charge in [0.1, 0.15) is 5.76 Å². The van der Waals surface area contributed by atoms with Gasteiger partial charge in [0.25, 0.3) is 0 Å². The summed E-state index contributed by atoms with van der Waals surface area (Å²) in [7, 11) is 0. The van der Waals surface area contributed by atoms with Crippen molar-refractivity contribution in [2.24, 2.45) is 0 Å². The predicted octanol–water partition coefficient (Wildman–Crippen LogP) is 5.11. The average Bonchev–Trinajstić information content (AvgIpc) is 2.54. The Morgan fingerprint density at radius 3 is 2.17 bits per heavy atom. The molecule has 132 valence electrons. The lowest BCUT2D eigenvalue weighted by atomic mass is 10.1. The molecule has 0 bridgehead atoms. The SMILES string of the molecule is C=C(C)C(=O)OCCCCCCC(=O)OC(/C=C\C)=C/C.CC. The highest BCUT2D eigenvalue weighted by molar-refractivity contribution is 5.86. The molecule has 0 aliphatic rings. The van der Waals surface area contributed by atoms with Crippen LogP contribution >= 0.6 is 0 Å². The number of carbonyl (C=O) groups excluding carboxylic acids is 2. The highest BCUT2D eigenvalue weighted by atomic mass is 16.5. The van der Waals surface area contributed by atoms with E-state index in [0.717, 1.165) is 25.7 Å². The number of carbonyl (C=O) groups is 2. The Morgan fingerprint density at radius 1 is 1.04 bits per heavy atom. The van der Waals surface area contributed by atoms with Crippen molar-refractivity contribution in [2.75, 3.05) is 6.61 Å². The predicted molar refractivity (Wildman–Crippen MR) is 94.9 cm³/mol. The van der Waals surface area contributed by atoms with Crippen molar-refractivity contribution < 1.29 is 19.1 Å². The van der Waals surface area contributed by atoms with E-state index in [9.17, 15) is 9.59 Å². The second kappa shape index (κ2) is 16.5. The molecule has 0 aromatic carbocycles. The van der Waals surface area contributed by atoms with Crippen molar-refractivity contribution >= 4 is 11.9 Å². The molecule has 0 radical (unpaired) electrons. The standard InChI is InChI=1S/C17H26O4.C2H6/c1-5-11-15(6-2)21-16(18)12-9-7-8-10-13-20-17(19)14(3)4;1-2/h5-6,11H,3,7-10,12-13H2,1-2,4H3;1-2H3/b11-5-,15-6+;. The Bertz CT molecular complexity index is 406. The molecule has 0 saturated carbocycles. The van der Waals surface area contributed by atoms with Gasteiger partial charge >= 0.3 is 11.9 Å². The topological polar surface area (TPSA) is 52.6 Å². The number of rotatable bonds is 10. The first kappa shape index (κ1) is 23.4. The monoisotopic (exact) mass is 324 g/mol. The lowest BCUT2D eigenvalue weighted by Crippen LogP contribution is -2.06. The van der Waals surface area contributed by atoms with Crippen LogP contribution in [0.4, 0.5) is 0 Å². The van der Waals surface area contributed by atoms with E-state index in [4.69, 9.17) is 9.47 Å². The molecule has 0 aromatic rings. The van der Waals surface area contributed by atoms with Crippen LogP contribution in [0.1, 0.15) is 66.7 Å². The zero-order valence-electron chi connectivity index (χ0n) is 15.3. The fraction of sp³-hybridized carbons (Fsp3) is 0.579. The number of esters is 2. The number of unbranched alkanes of at least 4 members (excludes halogenated alkanes) is 3. The summed E-state index contributed by atoms with van der Waals surface area (Å²) < 4.78 is 10.2. The summed E-state index contributed by atoms with van der Waals surface area (Å²) in [5, 5.41) is 0. The maximum absolute atomic E-state index is 11.6. The van der Waals surface area contributed by atoms with Crippen LogP contribution < -0.4 is 0 Å². The number of allylic oxidation sites excluding steroid dienone is 3. The Kier molecular flexibility index (Phi) is 16.8. The third kappa shape index (κ3) is 14.8. The van der Waals surface area contributed by atoms with Crippen LogP contribution in [0.3, 0.4) is 0 Å². The first-order valence-electron chi connectivity index (χ1n) is 8.33. The van der Waals surface area contributed by atoms with Crippen LogP contribution in [0.15, 0.2) is 36.1 Å². The van der Waals surface area contributed by atoms with Crippen molar-refractivity contribution in [1.29, 1.82) is 0 Å². The van der Waals surface area contributed by atoms with Gasteiger partial charge in [0.05, 0.1) is 6.61 Å². The summed E-state index contributed by atoms with van der Waals surface area (Å²) >= 11 is 0. The van der Waals surface area contributed by atoms with E-state index in [1.807, 2.05) is 33.8 Å². The molecule has 0 aliphatic carbocycles. The van der Waals surface area contributed by atoms with E-state index in [2.05, 4.69) is 6.58 Å². The van der Waals surface area contributed by atoms with Gasteiger partial charge in [-0.15, -0.1) is 0 Å². The summed E-state index contributed by atoms with van der Waals surface area (Å²) in [6, 6.07) is 0. The van der Waals surface area contributed by atoms with E-state index in [1.54, 1.807) is 19.1 Å². The molecule has 0 fully saturated rings. The maximum atomic E-state index is 11.6. The van der Waals surface area contributed by atoms with E-state index in [0.29, 0.717) is 24.4 Å². The normalized spacial score (nSPS) is 10.7. The summed E-state index contributed by atoms with van der Waals surface area (Å²) in [6.07, 6.45) is 9.15. The van der Waals surface area contributed by atoms with Gasteiger partial charge in [0, 0.05) is 12.0 Å². The van der Waals surface area contributed by atoms with Crippen molar-refractivity contribution in [3.05, 3.63) is 36.1 Å². The third-order valence-corrected chi connectivity index (χ3v) is 2.70. The molecule has 0 spiro atoms. The highest BCUT2D eigenvalue weighted by Crippen LogP contribution is 2.08. The van der Waals surface area contributed by atoms with Gasteiger partial charge in [0.2, 0.25) is 0 Å². The Hall–Kier alpha value is -1.84. The van der Waals surface area contributed by atoms with Crippen molar-refractivity contribution in [3.63, 3.8) is 0 Å². The minimum absolute atomic E-state index is 0.213. The fourth-order valence-electron chi connectivity index (χ4n) is 1.55. The Balaban J connectivity index is 0. The quantitative estimate of drug-likeness (QED) is 0.184. The molecule has 0 N–H and O–H groups in total. The van der Waals surface area contributed by atoms with Crippen LogP contribution in [-0.2, 0) is 19.1 Å². The summed E-state index contributed by atoms with van der Waals surface area (Å²) in [5.41, 5.74) is 0.415. The van der Waals surface area contributed by atoms with Crippen molar-refractivity contribution in [3.8, 4) is 0 Å². The van der Waals surface area contributed by atoms with Crippen LogP contribution in [0.5, 0.6) is 0 Å².